The highest BCUT2D eigenvalue weighted by Crippen LogP contribution is 2.53. The molecular formula is C18H21N3O2. The average molecular weight is 311 g/mol. The van der Waals surface area contributed by atoms with Crippen LogP contribution in [0.3, 0.4) is 0 Å². The number of rotatable bonds is 3. The number of likely N-dealkylation sites (tertiary alicyclic amines) is 1. The third kappa shape index (κ3) is 2.83. The van der Waals surface area contributed by atoms with Gasteiger partial charge in [-0.3, -0.25) is 9.59 Å². The van der Waals surface area contributed by atoms with Gasteiger partial charge in [0, 0.05) is 36.6 Å². The third-order valence-corrected chi connectivity index (χ3v) is 5.33. The van der Waals surface area contributed by atoms with Crippen LogP contribution in [0.5, 0.6) is 0 Å². The zero-order chi connectivity index (χ0) is 15.9. The molecule has 1 saturated carbocycles. The maximum absolute atomic E-state index is 12.2. The number of nitrogens with zero attached hydrogens (tertiary/aromatic N) is 2. The smallest absolute Gasteiger partial charge is 0.251 e. The summed E-state index contributed by atoms with van der Waals surface area (Å²) in [6.45, 7) is 1.76. The minimum atomic E-state index is -0.197. The van der Waals surface area contributed by atoms with E-state index >= 15 is 0 Å². The molecule has 2 aromatic heterocycles. The van der Waals surface area contributed by atoms with Gasteiger partial charge in [-0.25, -0.2) is 0 Å². The van der Waals surface area contributed by atoms with Gasteiger partial charge in [0.1, 0.15) is 0 Å². The first-order chi connectivity index (χ1) is 11.2. The first kappa shape index (κ1) is 14.3. The molecule has 1 spiro atoms. The zero-order valence-electron chi connectivity index (χ0n) is 13.1. The Balaban J connectivity index is 1.32. The molecule has 5 heteroatoms. The number of carbonyl (C=O) groups excluding carboxylic acids is 2. The highest BCUT2D eigenvalue weighted by Gasteiger charge is 2.44. The van der Waals surface area contributed by atoms with Crippen LogP contribution in [0.1, 0.15) is 36.0 Å². The molecule has 3 heterocycles. The molecule has 0 unspecified atom stereocenters. The standard InChI is InChI=1S/C18H21N3O2/c22-16(21-10-6-18(4-5-18)7-11-21)13-19-17(23)14-3-9-20-8-1-2-15(20)12-14/h1-3,8-9,12H,4-7,10-11,13H2,(H,19,23). The van der Waals surface area contributed by atoms with Crippen molar-refractivity contribution in [3.8, 4) is 0 Å². The third-order valence-electron chi connectivity index (χ3n) is 5.33. The van der Waals surface area contributed by atoms with Gasteiger partial charge in [0.25, 0.3) is 5.91 Å². The molecule has 1 saturated heterocycles. The van der Waals surface area contributed by atoms with Crippen LogP contribution in [0.4, 0.5) is 0 Å². The largest absolute Gasteiger partial charge is 0.343 e. The Hall–Kier alpha value is -2.30. The molecule has 0 aromatic carbocycles. The van der Waals surface area contributed by atoms with E-state index in [1.54, 1.807) is 6.07 Å². The Morgan fingerprint density at radius 3 is 2.61 bits per heavy atom. The van der Waals surface area contributed by atoms with Gasteiger partial charge >= 0.3 is 0 Å². The quantitative estimate of drug-likeness (QED) is 0.943. The predicted molar refractivity (Wildman–Crippen MR) is 87.2 cm³/mol. The number of pyridine rings is 1. The number of carbonyl (C=O) groups is 2. The minimum Gasteiger partial charge on any atom is -0.343 e. The summed E-state index contributed by atoms with van der Waals surface area (Å²) in [6, 6.07) is 7.48. The van der Waals surface area contributed by atoms with Gasteiger partial charge in [0.05, 0.1) is 6.54 Å². The van der Waals surface area contributed by atoms with E-state index in [9.17, 15) is 9.59 Å². The Labute approximate surface area is 135 Å². The summed E-state index contributed by atoms with van der Waals surface area (Å²) in [5.41, 5.74) is 2.11. The Morgan fingerprint density at radius 1 is 1.09 bits per heavy atom. The molecule has 2 aromatic rings. The van der Waals surface area contributed by atoms with E-state index < -0.39 is 0 Å². The Morgan fingerprint density at radius 2 is 1.87 bits per heavy atom. The van der Waals surface area contributed by atoms with Crippen molar-refractivity contribution in [1.82, 2.24) is 14.6 Å². The van der Waals surface area contributed by atoms with Crippen molar-refractivity contribution in [2.75, 3.05) is 19.6 Å². The normalized spacial score (nSPS) is 19.0. The van der Waals surface area contributed by atoms with E-state index in [0.29, 0.717) is 11.0 Å². The summed E-state index contributed by atoms with van der Waals surface area (Å²) in [5.74, 6) is -0.171. The van der Waals surface area contributed by atoms with Gasteiger partial charge in [0.2, 0.25) is 5.91 Å². The highest BCUT2D eigenvalue weighted by atomic mass is 16.2. The van der Waals surface area contributed by atoms with Crippen LogP contribution in [0.25, 0.3) is 5.52 Å². The van der Waals surface area contributed by atoms with Crippen LogP contribution in [-0.4, -0.2) is 40.7 Å². The molecule has 23 heavy (non-hydrogen) atoms. The van der Waals surface area contributed by atoms with Gasteiger partial charge in [-0.2, -0.15) is 0 Å². The van der Waals surface area contributed by atoms with Crippen molar-refractivity contribution in [1.29, 1.82) is 0 Å². The molecule has 2 aliphatic rings. The number of nitrogens with one attached hydrogen (secondary N) is 1. The molecule has 2 amide bonds. The van der Waals surface area contributed by atoms with Gasteiger partial charge in [-0.15, -0.1) is 0 Å². The van der Waals surface area contributed by atoms with E-state index in [4.69, 9.17) is 0 Å². The fraction of sp³-hybridized carbons (Fsp3) is 0.444. The van der Waals surface area contributed by atoms with E-state index in [2.05, 4.69) is 5.32 Å². The molecular weight excluding hydrogens is 290 g/mol. The van der Waals surface area contributed by atoms with Crippen molar-refractivity contribution in [3.05, 3.63) is 42.2 Å². The van der Waals surface area contributed by atoms with Gasteiger partial charge in [-0.1, -0.05) is 0 Å². The molecule has 0 bridgehead atoms. The van der Waals surface area contributed by atoms with Crippen LogP contribution in [0.15, 0.2) is 36.7 Å². The maximum atomic E-state index is 12.2. The maximum Gasteiger partial charge on any atom is 0.251 e. The molecule has 4 rings (SSSR count). The molecule has 0 atom stereocenters. The van der Waals surface area contributed by atoms with Crippen molar-refractivity contribution in [3.63, 3.8) is 0 Å². The molecule has 5 nitrogen and oxygen atoms in total. The van der Waals surface area contributed by atoms with E-state index in [1.165, 1.54) is 12.8 Å². The first-order valence-corrected chi connectivity index (χ1v) is 8.28. The summed E-state index contributed by atoms with van der Waals surface area (Å²) >= 11 is 0. The average Bonchev–Trinajstić information content (AvgIpc) is 3.16. The molecule has 0 radical (unpaired) electrons. The van der Waals surface area contributed by atoms with Crippen LogP contribution in [-0.2, 0) is 4.79 Å². The summed E-state index contributed by atoms with van der Waals surface area (Å²) in [7, 11) is 0. The lowest BCUT2D eigenvalue weighted by Gasteiger charge is -2.32. The van der Waals surface area contributed by atoms with Crippen LogP contribution in [0.2, 0.25) is 0 Å². The highest BCUT2D eigenvalue weighted by molar-refractivity contribution is 5.97. The second kappa shape index (κ2) is 5.41. The Bertz CT molecular complexity index is 750. The zero-order valence-corrected chi connectivity index (χ0v) is 13.1. The van der Waals surface area contributed by atoms with E-state index in [0.717, 1.165) is 31.4 Å². The number of piperidine rings is 1. The lowest BCUT2D eigenvalue weighted by atomic mass is 9.94. The number of hydrogen-bond donors (Lipinski definition) is 1. The fourth-order valence-electron chi connectivity index (χ4n) is 3.45. The second-order valence-corrected chi connectivity index (χ2v) is 6.82. The van der Waals surface area contributed by atoms with E-state index in [1.807, 2.05) is 39.9 Å². The van der Waals surface area contributed by atoms with Gasteiger partial charge < -0.3 is 14.6 Å². The van der Waals surface area contributed by atoms with E-state index in [-0.39, 0.29) is 18.4 Å². The molecule has 120 valence electrons. The van der Waals surface area contributed by atoms with Crippen LogP contribution in [0, 0.1) is 5.41 Å². The summed E-state index contributed by atoms with van der Waals surface area (Å²) in [5, 5.41) is 2.75. The second-order valence-electron chi connectivity index (χ2n) is 6.82. The molecule has 1 aliphatic heterocycles. The number of aromatic nitrogens is 1. The lowest BCUT2D eigenvalue weighted by molar-refractivity contribution is -0.131. The monoisotopic (exact) mass is 311 g/mol. The first-order valence-electron chi connectivity index (χ1n) is 8.28. The summed E-state index contributed by atoms with van der Waals surface area (Å²) < 4.78 is 1.95. The van der Waals surface area contributed by atoms with Crippen LogP contribution >= 0.6 is 0 Å². The summed E-state index contributed by atoms with van der Waals surface area (Å²) in [6.07, 6.45) is 8.69. The lowest BCUT2D eigenvalue weighted by Crippen LogP contribution is -2.44. The van der Waals surface area contributed by atoms with Crippen molar-refractivity contribution in [2.24, 2.45) is 5.41 Å². The van der Waals surface area contributed by atoms with Crippen LogP contribution < -0.4 is 5.32 Å². The van der Waals surface area contributed by atoms with Crippen molar-refractivity contribution < 1.29 is 9.59 Å². The fourth-order valence-corrected chi connectivity index (χ4v) is 3.45. The predicted octanol–water partition coefficient (Wildman–Crippen LogP) is 2.07. The molecule has 2 fully saturated rings. The van der Waals surface area contributed by atoms with Crippen molar-refractivity contribution >= 4 is 17.3 Å². The molecule has 1 aliphatic carbocycles. The molecule has 1 N–H and O–H groups in total. The van der Waals surface area contributed by atoms with Gasteiger partial charge in [-0.05, 0) is 55.4 Å². The number of hydrogen-bond acceptors (Lipinski definition) is 2. The number of amides is 2. The van der Waals surface area contributed by atoms with Gasteiger partial charge in [0.15, 0.2) is 0 Å². The minimum absolute atomic E-state index is 0.0256. The topological polar surface area (TPSA) is 53.8 Å². The SMILES string of the molecule is O=C(NCC(=O)N1CCC2(CC1)CC2)c1ccn2cccc2c1. The summed E-state index contributed by atoms with van der Waals surface area (Å²) in [4.78, 5) is 26.4. The number of fused-ring (bicyclic) bond motifs is 1. The Kier molecular flexibility index (Phi) is 3.36. The van der Waals surface area contributed by atoms with Crippen molar-refractivity contribution in [2.45, 2.75) is 25.7 Å².